The maximum Gasteiger partial charge on any atom is 0.335 e. The number of carboxylic acids is 1. The standard InChI is InChI=1S/C27H23ClN2O3/c28-19-9-7-17(8-10-19)23-16-27(23)22-5-1-2-6-24(22)30(26(27)33)21-14-18(25(31)32)13-20(15-21)29-11-3-4-12-29/h1-2,5-10,13-15,23H,3-4,11-12,16H2,(H,31,32). The molecule has 6 heteroatoms. The predicted molar refractivity (Wildman–Crippen MR) is 129 cm³/mol. The summed E-state index contributed by atoms with van der Waals surface area (Å²) in [6.45, 7) is 1.80. The summed E-state index contributed by atoms with van der Waals surface area (Å²) in [4.78, 5) is 29.9. The van der Waals surface area contributed by atoms with Gasteiger partial charge in [0.2, 0.25) is 5.91 Å². The van der Waals surface area contributed by atoms with Crippen LogP contribution < -0.4 is 9.80 Å². The Labute approximate surface area is 197 Å². The fourth-order valence-corrected chi connectivity index (χ4v) is 5.75. The fourth-order valence-electron chi connectivity index (χ4n) is 5.63. The lowest BCUT2D eigenvalue weighted by Gasteiger charge is -2.23. The zero-order valence-electron chi connectivity index (χ0n) is 18.0. The van der Waals surface area contributed by atoms with E-state index in [4.69, 9.17) is 11.6 Å². The van der Waals surface area contributed by atoms with Crippen LogP contribution in [0.1, 0.15) is 46.7 Å². The lowest BCUT2D eigenvalue weighted by atomic mass is 9.92. The van der Waals surface area contributed by atoms with Gasteiger partial charge in [0.25, 0.3) is 0 Å². The zero-order chi connectivity index (χ0) is 22.7. The molecule has 3 aromatic carbocycles. The van der Waals surface area contributed by atoms with Gasteiger partial charge in [0.1, 0.15) is 0 Å². The third kappa shape index (κ3) is 3.06. The maximum absolute atomic E-state index is 14.1. The van der Waals surface area contributed by atoms with E-state index >= 15 is 0 Å². The molecule has 166 valence electrons. The number of carboxylic acid groups (broad SMARTS) is 1. The van der Waals surface area contributed by atoms with Crippen LogP contribution in [0.25, 0.3) is 0 Å². The molecule has 33 heavy (non-hydrogen) atoms. The Bertz CT molecular complexity index is 1280. The van der Waals surface area contributed by atoms with Gasteiger partial charge in [-0.25, -0.2) is 4.79 Å². The third-order valence-electron chi connectivity index (χ3n) is 7.32. The average molecular weight is 459 g/mol. The Morgan fingerprint density at radius 1 is 0.970 bits per heavy atom. The van der Waals surface area contributed by atoms with E-state index in [2.05, 4.69) is 4.90 Å². The Hall–Kier alpha value is -3.31. The molecule has 6 rings (SSSR count). The molecule has 1 saturated heterocycles. The maximum atomic E-state index is 14.1. The quantitative estimate of drug-likeness (QED) is 0.541. The van der Waals surface area contributed by atoms with Crippen molar-refractivity contribution in [2.45, 2.75) is 30.6 Å². The fraction of sp³-hybridized carbons (Fsp3) is 0.259. The highest BCUT2D eigenvalue weighted by atomic mass is 35.5. The molecule has 0 radical (unpaired) electrons. The van der Waals surface area contributed by atoms with Gasteiger partial charge in [-0.05, 0) is 66.8 Å². The Kier molecular flexibility index (Phi) is 4.53. The monoisotopic (exact) mass is 458 g/mol. The minimum atomic E-state index is -0.989. The SMILES string of the molecule is O=C(O)c1cc(N2CCCC2)cc(N2C(=O)C3(CC3c3ccc(Cl)cc3)c3ccccc32)c1. The van der Waals surface area contributed by atoms with Gasteiger partial charge in [0, 0.05) is 29.7 Å². The first-order chi connectivity index (χ1) is 16.0. The Balaban J connectivity index is 1.46. The van der Waals surface area contributed by atoms with Gasteiger partial charge in [0.15, 0.2) is 0 Å². The molecule has 1 N–H and O–H groups in total. The van der Waals surface area contributed by atoms with Crippen LogP contribution in [0.15, 0.2) is 66.7 Å². The molecule has 2 atom stereocenters. The first-order valence-electron chi connectivity index (χ1n) is 11.3. The molecule has 2 unspecified atom stereocenters. The van der Waals surface area contributed by atoms with Crippen LogP contribution in [-0.2, 0) is 10.2 Å². The topological polar surface area (TPSA) is 60.9 Å². The summed E-state index contributed by atoms with van der Waals surface area (Å²) in [6, 6.07) is 20.9. The van der Waals surface area contributed by atoms with Gasteiger partial charge >= 0.3 is 5.97 Å². The second-order valence-electron chi connectivity index (χ2n) is 9.17. The van der Waals surface area contributed by atoms with E-state index in [9.17, 15) is 14.7 Å². The van der Waals surface area contributed by atoms with Crippen molar-refractivity contribution < 1.29 is 14.7 Å². The molecular formula is C27H23ClN2O3. The summed E-state index contributed by atoms with van der Waals surface area (Å²) in [5, 5.41) is 10.5. The molecule has 1 saturated carbocycles. The normalized spacial score (nSPS) is 23.3. The van der Waals surface area contributed by atoms with Crippen LogP contribution in [0, 0.1) is 0 Å². The Morgan fingerprint density at radius 2 is 1.67 bits per heavy atom. The Morgan fingerprint density at radius 3 is 2.39 bits per heavy atom. The summed E-state index contributed by atoms with van der Waals surface area (Å²) >= 11 is 6.08. The lowest BCUT2D eigenvalue weighted by molar-refractivity contribution is -0.119. The van der Waals surface area contributed by atoms with Crippen LogP contribution >= 0.6 is 11.6 Å². The van der Waals surface area contributed by atoms with E-state index < -0.39 is 11.4 Å². The van der Waals surface area contributed by atoms with E-state index in [1.54, 1.807) is 17.0 Å². The van der Waals surface area contributed by atoms with E-state index in [0.29, 0.717) is 10.7 Å². The number of rotatable bonds is 4. The van der Waals surface area contributed by atoms with E-state index in [0.717, 1.165) is 54.9 Å². The first kappa shape index (κ1) is 20.3. The van der Waals surface area contributed by atoms with Gasteiger partial charge in [-0.3, -0.25) is 9.69 Å². The summed E-state index contributed by atoms with van der Waals surface area (Å²) in [6.07, 6.45) is 2.91. The summed E-state index contributed by atoms with van der Waals surface area (Å²) in [7, 11) is 0. The number of hydrogen-bond donors (Lipinski definition) is 1. The van der Waals surface area contributed by atoms with Gasteiger partial charge in [-0.2, -0.15) is 0 Å². The highest BCUT2D eigenvalue weighted by Gasteiger charge is 2.67. The van der Waals surface area contributed by atoms with Crippen LogP contribution in [0.3, 0.4) is 0 Å². The van der Waals surface area contributed by atoms with Crippen LogP contribution in [0.2, 0.25) is 5.02 Å². The van der Waals surface area contributed by atoms with Crippen molar-refractivity contribution in [2.75, 3.05) is 22.9 Å². The number of carbonyl (C=O) groups excluding carboxylic acids is 1. The van der Waals surface area contributed by atoms with Crippen LogP contribution in [0.4, 0.5) is 17.1 Å². The average Bonchev–Trinajstić information content (AvgIpc) is 3.21. The van der Waals surface area contributed by atoms with Crippen molar-refractivity contribution >= 4 is 40.5 Å². The van der Waals surface area contributed by atoms with Gasteiger partial charge in [-0.15, -0.1) is 0 Å². The van der Waals surface area contributed by atoms with Crippen LogP contribution in [0.5, 0.6) is 0 Å². The second kappa shape index (κ2) is 7.35. The van der Waals surface area contributed by atoms with E-state index in [-0.39, 0.29) is 17.4 Å². The molecule has 2 heterocycles. The molecule has 3 aliphatic rings. The van der Waals surface area contributed by atoms with Crippen molar-refractivity contribution in [1.82, 2.24) is 0 Å². The van der Waals surface area contributed by atoms with Crippen molar-refractivity contribution in [3.05, 3.63) is 88.4 Å². The van der Waals surface area contributed by atoms with E-state index in [1.807, 2.05) is 54.6 Å². The van der Waals surface area contributed by atoms with E-state index in [1.165, 1.54) is 0 Å². The summed E-state index contributed by atoms with van der Waals surface area (Å²) < 4.78 is 0. The number of amides is 1. The molecule has 1 spiro atoms. The summed E-state index contributed by atoms with van der Waals surface area (Å²) in [5.74, 6) is -0.898. The molecule has 2 aliphatic heterocycles. The minimum Gasteiger partial charge on any atom is -0.478 e. The number of hydrogen-bond acceptors (Lipinski definition) is 3. The van der Waals surface area contributed by atoms with Crippen molar-refractivity contribution in [2.24, 2.45) is 0 Å². The predicted octanol–water partition coefficient (Wildman–Crippen LogP) is 5.74. The molecule has 1 amide bonds. The lowest BCUT2D eigenvalue weighted by Crippen LogP contribution is -2.29. The van der Waals surface area contributed by atoms with Crippen molar-refractivity contribution in [1.29, 1.82) is 0 Å². The molecule has 2 fully saturated rings. The number of halogens is 1. The molecule has 5 nitrogen and oxygen atoms in total. The van der Waals surface area contributed by atoms with Crippen LogP contribution in [-0.4, -0.2) is 30.1 Å². The van der Waals surface area contributed by atoms with Gasteiger partial charge < -0.3 is 10.0 Å². The first-order valence-corrected chi connectivity index (χ1v) is 11.7. The number of carbonyl (C=O) groups is 2. The molecule has 0 bridgehead atoms. The zero-order valence-corrected chi connectivity index (χ0v) is 18.8. The number of anilines is 3. The molecule has 0 aromatic heterocycles. The molecule has 1 aliphatic carbocycles. The summed E-state index contributed by atoms with van der Waals surface area (Å²) in [5.41, 5.74) is 4.02. The van der Waals surface area contributed by atoms with Crippen molar-refractivity contribution in [3.8, 4) is 0 Å². The largest absolute Gasteiger partial charge is 0.478 e. The number of fused-ring (bicyclic) bond motifs is 2. The number of benzene rings is 3. The smallest absolute Gasteiger partial charge is 0.335 e. The second-order valence-corrected chi connectivity index (χ2v) is 9.61. The van der Waals surface area contributed by atoms with Gasteiger partial charge in [0.05, 0.1) is 22.4 Å². The molecule has 3 aromatic rings. The number of aromatic carboxylic acids is 1. The number of nitrogens with zero attached hydrogens (tertiary/aromatic N) is 2. The van der Waals surface area contributed by atoms with Crippen molar-refractivity contribution in [3.63, 3.8) is 0 Å². The van der Waals surface area contributed by atoms with Gasteiger partial charge in [-0.1, -0.05) is 41.9 Å². The molecular weight excluding hydrogens is 436 g/mol. The highest BCUT2D eigenvalue weighted by molar-refractivity contribution is 6.30. The number of para-hydroxylation sites is 1. The third-order valence-corrected chi connectivity index (χ3v) is 7.57. The highest BCUT2D eigenvalue weighted by Crippen LogP contribution is 2.67. The minimum absolute atomic E-state index is 0.0126.